The molecular weight excluding hydrogens is 208 g/mol. The Morgan fingerprint density at radius 2 is 1.65 bits per heavy atom. The van der Waals surface area contributed by atoms with Gasteiger partial charge < -0.3 is 5.11 Å². The van der Waals surface area contributed by atoms with Gasteiger partial charge in [-0.3, -0.25) is 0 Å². The molecule has 0 amide bonds. The highest BCUT2D eigenvalue weighted by molar-refractivity contribution is 5.26. The van der Waals surface area contributed by atoms with Crippen LogP contribution in [0.4, 0.5) is 0 Å². The van der Waals surface area contributed by atoms with Crippen LogP contribution >= 0.6 is 0 Å². The van der Waals surface area contributed by atoms with Gasteiger partial charge in [0, 0.05) is 0 Å². The first-order valence-corrected chi connectivity index (χ1v) is 6.15. The van der Waals surface area contributed by atoms with Crippen LogP contribution in [0.2, 0.25) is 0 Å². The van der Waals surface area contributed by atoms with Crippen molar-refractivity contribution in [3.63, 3.8) is 0 Å². The summed E-state index contributed by atoms with van der Waals surface area (Å²) in [6.45, 7) is 12.3. The van der Waals surface area contributed by atoms with E-state index in [4.69, 9.17) is 0 Å². The average molecular weight is 234 g/mol. The van der Waals surface area contributed by atoms with E-state index >= 15 is 0 Å². The molecule has 1 nitrogen and oxygen atoms in total. The SMILES string of the molecule is CC(C)=CCC(O)/C(C)=C/C=C/C(C)=C(C)C. The fourth-order valence-corrected chi connectivity index (χ4v) is 1.16. The molecule has 1 N–H and O–H groups in total. The van der Waals surface area contributed by atoms with Crippen LogP contribution in [0, 0.1) is 0 Å². The lowest BCUT2D eigenvalue weighted by atomic mass is 10.1. The van der Waals surface area contributed by atoms with Crippen LogP contribution in [0.3, 0.4) is 0 Å². The Bertz CT molecular complexity index is 346. The second-order valence-electron chi connectivity index (χ2n) is 4.99. The lowest BCUT2D eigenvalue weighted by Crippen LogP contribution is -2.06. The topological polar surface area (TPSA) is 20.2 Å². The first-order valence-electron chi connectivity index (χ1n) is 6.15. The van der Waals surface area contributed by atoms with Crippen molar-refractivity contribution in [1.29, 1.82) is 0 Å². The van der Waals surface area contributed by atoms with Crippen molar-refractivity contribution in [3.05, 3.63) is 46.6 Å². The minimum absolute atomic E-state index is 0.374. The summed E-state index contributed by atoms with van der Waals surface area (Å²) in [6, 6.07) is 0. The maximum Gasteiger partial charge on any atom is 0.0784 e. The van der Waals surface area contributed by atoms with Crippen molar-refractivity contribution in [2.45, 2.75) is 54.1 Å². The summed E-state index contributed by atoms with van der Waals surface area (Å²) < 4.78 is 0. The van der Waals surface area contributed by atoms with Gasteiger partial charge >= 0.3 is 0 Å². The van der Waals surface area contributed by atoms with E-state index in [9.17, 15) is 5.11 Å². The standard InChI is InChI=1S/C16H26O/c1-12(2)10-11-16(17)15(6)9-7-8-14(5)13(3)4/h7-10,16-17H,11H2,1-6H3/b8-7+,15-9+. The molecule has 0 aliphatic rings. The van der Waals surface area contributed by atoms with Crippen molar-refractivity contribution in [2.24, 2.45) is 0 Å². The van der Waals surface area contributed by atoms with E-state index in [0.717, 1.165) is 5.57 Å². The predicted molar refractivity (Wildman–Crippen MR) is 77.0 cm³/mol. The molecule has 0 bridgehead atoms. The van der Waals surface area contributed by atoms with Gasteiger partial charge in [0.05, 0.1) is 6.10 Å². The Labute approximate surface area is 106 Å². The Morgan fingerprint density at radius 1 is 1.06 bits per heavy atom. The third-order valence-electron chi connectivity index (χ3n) is 2.77. The lowest BCUT2D eigenvalue weighted by Gasteiger charge is -2.08. The lowest BCUT2D eigenvalue weighted by molar-refractivity contribution is 0.214. The molecule has 0 aromatic heterocycles. The summed E-state index contributed by atoms with van der Waals surface area (Å²) >= 11 is 0. The van der Waals surface area contributed by atoms with Crippen LogP contribution < -0.4 is 0 Å². The highest BCUT2D eigenvalue weighted by atomic mass is 16.3. The van der Waals surface area contributed by atoms with Crippen molar-refractivity contribution >= 4 is 0 Å². The van der Waals surface area contributed by atoms with E-state index in [1.807, 2.05) is 32.9 Å². The van der Waals surface area contributed by atoms with Crippen molar-refractivity contribution in [3.8, 4) is 0 Å². The molecule has 1 unspecified atom stereocenters. The molecule has 0 radical (unpaired) electrons. The zero-order valence-electron chi connectivity index (χ0n) is 12.0. The van der Waals surface area contributed by atoms with E-state index in [0.29, 0.717) is 6.42 Å². The summed E-state index contributed by atoms with van der Waals surface area (Å²) in [5, 5.41) is 9.88. The maximum absolute atomic E-state index is 9.88. The van der Waals surface area contributed by atoms with Gasteiger partial charge in [0.25, 0.3) is 0 Å². The fourth-order valence-electron chi connectivity index (χ4n) is 1.16. The molecule has 1 heteroatoms. The van der Waals surface area contributed by atoms with Crippen LogP contribution in [0.5, 0.6) is 0 Å². The number of aliphatic hydroxyl groups is 1. The zero-order chi connectivity index (χ0) is 13.4. The normalized spacial score (nSPS) is 13.7. The molecule has 0 saturated heterocycles. The van der Waals surface area contributed by atoms with E-state index in [2.05, 4.69) is 32.9 Å². The van der Waals surface area contributed by atoms with Crippen LogP contribution in [-0.4, -0.2) is 11.2 Å². The van der Waals surface area contributed by atoms with E-state index in [-0.39, 0.29) is 6.10 Å². The summed E-state index contributed by atoms with van der Waals surface area (Å²) in [6.07, 6.45) is 8.44. The number of allylic oxidation sites excluding steroid dienone is 6. The van der Waals surface area contributed by atoms with Crippen LogP contribution in [0.25, 0.3) is 0 Å². The molecular formula is C16H26O. The van der Waals surface area contributed by atoms with Gasteiger partial charge in [0.15, 0.2) is 0 Å². The molecule has 0 aromatic rings. The summed E-state index contributed by atoms with van der Waals surface area (Å²) in [7, 11) is 0. The van der Waals surface area contributed by atoms with E-state index in [1.54, 1.807) is 0 Å². The van der Waals surface area contributed by atoms with Crippen molar-refractivity contribution in [1.82, 2.24) is 0 Å². The monoisotopic (exact) mass is 234 g/mol. The zero-order valence-corrected chi connectivity index (χ0v) is 12.0. The minimum Gasteiger partial charge on any atom is -0.388 e. The smallest absolute Gasteiger partial charge is 0.0784 e. The molecule has 96 valence electrons. The quantitative estimate of drug-likeness (QED) is 0.546. The summed E-state index contributed by atoms with van der Waals surface area (Å²) in [5.41, 5.74) is 4.83. The molecule has 0 aliphatic heterocycles. The third kappa shape index (κ3) is 7.76. The highest BCUT2D eigenvalue weighted by Gasteiger charge is 2.02. The molecule has 17 heavy (non-hydrogen) atoms. The van der Waals surface area contributed by atoms with Gasteiger partial charge in [-0.1, -0.05) is 41.0 Å². The molecule has 0 fully saturated rings. The Balaban J connectivity index is 4.45. The Morgan fingerprint density at radius 3 is 2.12 bits per heavy atom. The first-order chi connectivity index (χ1) is 7.84. The van der Waals surface area contributed by atoms with Gasteiger partial charge in [-0.15, -0.1) is 0 Å². The Hall–Kier alpha value is -1.08. The molecule has 0 saturated carbocycles. The molecule has 0 rings (SSSR count). The number of rotatable bonds is 5. The second-order valence-corrected chi connectivity index (χ2v) is 4.99. The molecule has 0 heterocycles. The largest absolute Gasteiger partial charge is 0.388 e. The van der Waals surface area contributed by atoms with Gasteiger partial charge in [-0.05, 0) is 53.5 Å². The number of aliphatic hydroxyl groups excluding tert-OH is 1. The highest BCUT2D eigenvalue weighted by Crippen LogP contribution is 2.09. The fraction of sp³-hybridized carbons (Fsp3) is 0.500. The first kappa shape index (κ1) is 15.9. The third-order valence-corrected chi connectivity index (χ3v) is 2.77. The van der Waals surface area contributed by atoms with Gasteiger partial charge in [-0.2, -0.15) is 0 Å². The van der Waals surface area contributed by atoms with Crippen LogP contribution in [0.1, 0.15) is 48.0 Å². The summed E-state index contributed by atoms with van der Waals surface area (Å²) in [5.74, 6) is 0. The molecule has 0 aliphatic carbocycles. The second kappa shape index (κ2) is 8.08. The van der Waals surface area contributed by atoms with Crippen molar-refractivity contribution in [2.75, 3.05) is 0 Å². The van der Waals surface area contributed by atoms with Gasteiger partial charge in [0.1, 0.15) is 0 Å². The van der Waals surface area contributed by atoms with E-state index in [1.165, 1.54) is 16.7 Å². The summed E-state index contributed by atoms with van der Waals surface area (Å²) in [4.78, 5) is 0. The van der Waals surface area contributed by atoms with Gasteiger partial charge in [-0.25, -0.2) is 0 Å². The minimum atomic E-state index is -0.374. The maximum atomic E-state index is 9.88. The predicted octanol–water partition coefficient (Wildman–Crippen LogP) is 4.56. The van der Waals surface area contributed by atoms with Gasteiger partial charge in [0.2, 0.25) is 0 Å². The van der Waals surface area contributed by atoms with Crippen molar-refractivity contribution < 1.29 is 5.11 Å². The van der Waals surface area contributed by atoms with E-state index < -0.39 is 0 Å². The number of hydrogen-bond acceptors (Lipinski definition) is 1. The molecule has 1 atom stereocenters. The van der Waals surface area contributed by atoms with Crippen LogP contribution in [-0.2, 0) is 0 Å². The molecule has 0 spiro atoms. The average Bonchev–Trinajstić information content (AvgIpc) is 2.25. The molecule has 0 aromatic carbocycles. The Kier molecular flexibility index (Phi) is 7.56. The van der Waals surface area contributed by atoms with Crippen LogP contribution in [0.15, 0.2) is 46.6 Å². The number of hydrogen-bond donors (Lipinski definition) is 1.